The van der Waals surface area contributed by atoms with E-state index in [1.807, 2.05) is 0 Å². The Hall–Kier alpha value is -6.24. The molecule has 0 aliphatic rings. The Morgan fingerprint density at radius 1 is 0.161 bits per heavy atom. The van der Waals surface area contributed by atoms with Gasteiger partial charge in [-0.05, 0) is 229 Å². The van der Waals surface area contributed by atoms with Crippen LogP contribution in [0.15, 0.2) is 97.1 Å². The molecule has 0 fully saturated rings. The minimum Gasteiger partial charge on any atom is -0.0531 e. The van der Waals surface area contributed by atoms with E-state index >= 15 is 0 Å². The third kappa shape index (κ3) is 3.46. The van der Waals surface area contributed by atoms with Gasteiger partial charge in [-0.2, -0.15) is 0 Å². The summed E-state index contributed by atoms with van der Waals surface area (Å²) in [6.45, 7) is 18.2. The first-order chi connectivity index (χ1) is 27.1. The van der Waals surface area contributed by atoms with E-state index in [1.54, 1.807) is 0 Å². The second-order valence-electron chi connectivity index (χ2n) is 17.6. The molecular weight excluding hydrogens is 673 g/mol. The van der Waals surface area contributed by atoms with Crippen molar-refractivity contribution in [3.05, 3.63) is 142 Å². The minimum absolute atomic E-state index is 1.34. The summed E-state index contributed by atoms with van der Waals surface area (Å²) in [6, 6.07) is 39.5. The first-order valence-corrected chi connectivity index (χ1v) is 20.3. The molecule has 0 nitrogen and oxygen atoms in total. The number of hydrogen-bond donors (Lipinski definition) is 0. The molecule has 0 aromatic heterocycles. The number of rotatable bonds is 0. The summed E-state index contributed by atoms with van der Waals surface area (Å²) in [5, 5.41) is 32.9. The van der Waals surface area contributed by atoms with Crippen LogP contribution >= 0.6 is 0 Å². The lowest BCUT2D eigenvalue weighted by Gasteiger charge is -2.25. The van der Waals surface area contributed by atoms with Crippen molar-refractivity contribution in [1.29, 1.82) is 0 Å². The average molecular weight is 713 g/mol. The minimum atomic E-state index is 1.34. The fourth-order valence-corrected chi connectivity index (χ4v) is 11.3. The fraction of sp³-hybridized carbons (Fsp3) is 0.143. The van der Waals surface area contributed by atoms with Crippen molar-refractivity contribution in [3.63, 3.8) is 0 Å². The molecule has 56 heavy (non-hydrogen) atoms. The van der Waals surface area contributed by atoms with Gasteiger partial charge in [-0.25, -0.2) is 0 Å². The highest BCUT2D eigenvalue weighted by atomic mass is 14.3. The zero-order valence-corrected chi connectivity index (χ0v) is 33.2. The average Bonchev–Trinajstić information content (AvgIpc) is 3.18. The Bertz CT molecular complexity index is 3170. The Labute approximate surface area is 324 Å². The summed E-state index contributed by atoms with van der Waals surface area (Å²) in [4.78, 5) is 0. The summed E-state index contributed by atoms with van der Waals surface area (Å²) in [5.74, 6) is 0. The Morgan fingerprint density at radius 3 is 0.375 bits per heavy atom. The molecule has 0 unspecified atom stereocenters. The zero-order chi connectivity index (χ0) is 37.8. The van der Waals surface area contributed by atoms with Crippen LogP contribution in [0.2, 0.25) is 0 Å². The quantitative estimate of drug-likeness (QED) is 0.137. The largest absolute Gasteiger partial charge is 0.0531 e. The Kier molecular flexibility index (Phi) is 5.51. The highest BCUT2D eigenvalue weighted by molar-refractivity contribution is 6.53. The molecule has 13 aromatic carbocycles. The molecule has 0 bridgehead atoms. The molecule has 0 heteroatoms. The van der Waals surface area contributed by atoms with E-state index in [9.17, 15) is 0 Å². The first-order valence-electron chi connectivity index (χ1n) is 20.3. The second-order valence-corrected chi connectivity index (χ2v) is 17.6. The van der Waals surface area contributed by atoms with Gasteiger partial charge >= 0.3 is 0 Å². The summed E-state index contributed by atoms with van der Waals surface area (Å²) in [5.41, 5.74) is 10.7. The van der Waals surface area contributed by atoms with E-state index in [4.69, 9.17) is 0 Å². The van der Waals surface area contributed by atoms with Gasteiger partial charge in [0.05, 0.1) is 0 Å². The standard InChI is InChI=1S/C56H40/c1-25-17-41-33-9-10-35-43-19-27(3)29(5)21-45(43)37-13-14-39-47-23-31(7)32(8)24-48(47)40-16-15-38-46-22-30(6)28(4)20-44(46)36-12-11-34(42(41)18-26(25)2)50-49(33)51(35)53(37)55(39)56(40)54(38)52(36)50/h9-24H,1-8H3. The van der Waals surface area contributed by atoms with Crippen molar-refractivity contribution in [2.45, 2.75) is 55.4 Å². The lowest BCUT2D eigenvalue weighted by molar-refractivity contribution is 1.37. The number of fused-ring (bicyclic) bond motifs is 12. The van der Waals surface area contributed by atoms with Gasteiger partial charge < -0.3 is 0 Å². The maximum Gasteiger partial charge on any atom is -0.000718 e. The highest BCUT2D eigenvalue weighted by Crippen LogP contribution is 2.55. The van der Waals surface area contributed by atoms with E-state index in [-0.39, 0.29) is 0 Å². The third-order valence-electron chi connectivity index (χ3n) is 14.7. The summed E-state index contributed by atoms with van der Waals surface area (Å²) in [6.07, 6.45) is 0. The molecule has 0 heterocycles. The normalized spacial score (nSPS) is 13.0. The van der Waals surface area contributed by atoms with Crippen molar-refractivity contribution in [2.75, 3.05) is 0 Å². The predicted octanol–water partition coefficient (Wildman–Crippen LogP) is 16.3. The molecule has 0 aliphatic heterocycles. The van der Waals surface area contributed by atoms with E-state index in [2.05, 4.69) is 152 Å². The molecule has 0 amide bonds. The summed E-state index contributed by atoms with van der Waals surface area (Å²) in [7, 11) is 0. The SMILES string of the molecule is Cc1cc2c(cc1C)c1ccc3c4cc(C)c(C)cc4c4ccc5c6cc(C)c(C)cc6c6ccc7c8cc(C)c(C)cc8c8ccc2c2c1c3c4c5c6c7c82. The highest BCUT2D eigenvalue weighted by Gasteiger charge is 2.27. The maximum absolute atomic E-state index is 2.47. The molecule has 13 aromatic rings. The van der Waals surface area contributed by atoms with Crippen LogP contribution in [0, 0.1) is 55.4 Å². The van der Waals surface area contributed by atoms with Crippen molar-refractivity contribution in [3.8, 4) is 0 Å². The lowest BCUT2D eigenvalue weighted by Crippen LogP contribution is -1.97. The van der Waals surface area contributed by atoms with Crippen LogP contribution in [0.1, 0.15) is 44.5 Å². The van der Waals surface area contributed by atoms with E-state index in [0.29, 0.717) is 0 Å². The van der Waals surface area contributed by atoms with Crippen molar-refractivity contribution < 1.29 is 0 Å². The molecule has 13 rings (SSSR count). The summed E-state index contributed by atoms with van der Waals surface area (Å²) >= 11 is 0. The van der Waals surface area contributed by atoms with Crippen LogP contribution in [0.3, 0.4) is 0 Å². The Morgan fingerprint density at radius 2 is 0.268 bits per heavy atom. The van der Waals surface area contributed by atoms with Gasteiger partial charge in [-0.1, -0.05) is 97.1 Å². The fourth-order valence-electron chi connectivity index (χ4n) is 11.3. The van der Waals surface area contributed by atoms with Gasteiger partial charge in [0.15, 0.2) is 0 Å². The third-order valence-corrected chi connectivity index (χ3v) is 14.7. The van der Waals surface area contributed by atoms with Crippen LogP contribution in [-0.2, 0) is 0 Å². The molecule has 0 atom stereocenters. The van der Waals surface area contributed by atoms with Crippen LogP contribution < -0.4 is 0 Å². The lowest BCUT2D eigenvalue weighted by atomic mass is 9.77. The molecule has 0 spiro atoms. The van der Waals surface area contributed by atoms with Gasteiger partial charge in [-0.15, -0.1) is 0 Å². The smallest absolute Gasteiger partial charge is 0.000718 e. The van der Waals surface area contributed by atoms with E-state index in [1.165, 1.54) is 174 Å². The molecule has 0 N–H and O–H groups in total. The van der Waals surface area contributed by atoms with Crippen molar-refractivity contribution in [2.24, 2.45) is 0 Å². The van der Waals surface area contributed by atoms with Crippen LogP contribution in [0.25, 0.3) is 129 Å². The number of benzene rings is 12. The molecule has 264 valence electrons. The van der Waals surface area contributed by atoms with Gasteiger partial charge in [-0.3, -0.25) is 0 Å². The monoisotopic (exact) mass is 712 g/mol. The number of hydrogen-bond acceptors (Lipinski definition) is 0. The molecule has 0 aliphatic carbocycles. The van der Waals surface area contributed by atoms with Crippen molar-refractivity contribution in [1.82, 2.24) is 0 Å². The van der Waals surface area contributed by atoms with Crippen LogP contribution in [0.5, 0.6) is 0 Å². The predicted molar refractivity (Wildman–Crippen MR) is 248 cm³/mol. The van der Waals surface area contributed by atoms with Gasteiger partial charge in [0, 0.05) is 0 Å². The maximum atomic E-state index is 2.47. The zero-order valence-electron chi connectivity index (χ0n) is 33.2. The van der Waals surface area contributed by atoms with Gasteiger partial charge in [0.2, 0.25) is 0 Å². The first kappa shape index (κ1) is 31.0. The molecule has 0 saturated heterocycles. The molecule has 0 saturated carbocycles. The van der Waals surface area contributed by atoms with Crippen LogP contribution in [0.4, 0.5) is 0 Å². The topological polar surface area (TPSA) is 0 Å². The van der Waals surface area contributed by atoms with Crippen LogP contribution in [-0.4, -0.2) is 0 Å². The van der Waals surface area contributed by atoms with Gasteiger partial charge in [0.1, 0.15) is 0 Å². The van der Waals surface area contributed by atoms with E-state index in [0.717, 1.165) is 0 Å². The number of aryl methyl sites for hydroxylation is 8. The van der Waals surface area contributed by atoms with Crippen molar-refractivity contribution >= 4 is 129 Å². The van der Waals surface area contributed by atoms with E-state index < -0.39 is 0 Å². The van der Waals surface area contributed by atoms with Gasteiger partial charge in [0.25, 0.3) is 0 Å². The summed E-state index contributed by atoms with van der Waals surface area (Å²) < 4.78 is 0. The molecule has 0 radical (unpaired) electrons. The molecular formula is C56H40. The Balaban J connectivity index is 1.54. The second kappa shape index (κ2) is 9.94.